The smallest absolute Gasteiger partial charge is 0.342 e. The minimum Gasteiger partial charge on any atom is -0.481 e. The van der Waals surface area contributed by atoms with Crippen LogP contribution in [0.15, 0.2) is 59.8 Å². The van der Waals surface area contributed by atoms with Gasteiger partial charge in [0, 0.05) is 5.56 Å². The van der Waals surface area contributed by atoms with Gasteiger partial charge < -0.3 is 23.8 Å². The largest absolute Gasteiger partial charge is 0.481 e. The van der Waals surface area contributed by atoms with Gasteiger partial charge >= 0.3 is 12.0 Å². The van der Waals surface area contributed by atoms with E-state index < -0.39 is 5.97 Å². The highest BCUT2D eigenvalue weighted by Crippen LogP contribution is 2.30. The van der Waals surface area contributed by atoms with Crippen molar-refractivity contribution in [3.05, 3.63) is 71.3 Å². The third kappa shape index (κ3) is 5.51. The molecule has 0 fully saturated rings. The average molecular weight is 437 g/mol. The first kappa shape index (κ1) is 22.5. The lowest BCUT2D eigenvalue weighted by Crippen LogP contribution is -2.13. The summed E-state index contributed by atoms with van der Waals surface area (Å²) < 4.78 is 21.7. The predicted molar refractivity (Wildman–Crippen MR) is 116 cm³/mol. The lowest BCUT2D eigenvalue weighted by molar-refractivity contribution is 0.0469. The lowest BCUT2D eigenvalue weighted by atomic mass is 10.0. The Balaban J connectivity index is 1.99. The van der Waals surface area contributed by atoms with Crippen molar-refractivity contribution in [2.75, 3.05) is 21.3 Å². The SMILES string of the molecule is CON=C(C)c1cccc(Oc2nc(OC)cc(OC)n2)c1C(=O)OCc1ccccc1. The zero-order chi connectivity index (χ0) is 22.9. The van der Waals surface area contributed by atoms with Crippen LogP contribution >= 0.6 is 0 Å². The van der Waals surface area contributed by atoms with Gasteiger partial charge in [-0.25, -0.2) is 4.79 Å². The molecular formula is C23H23N3O6. The van der Waals surface area contributed by atoms with Gasteiger partial charge in [-0.1, -0.05) is 47.6 Å². The summed E-state index contributed by atoms with van der Waals surface area (Å²) in [6.07, 6.45) is 0. The standard InChI is InChI=1S/C23H23N3O6/c1-15(26-30-4)17-11-8-12-18(32-23-24-19(28-2)13-20(25-23)29-3)21(17)22(27)31-14-16-9-6-5-7-10-16/h5-13H,14H2,1-4H3. The third-order valence-electron chi connectivity index (χ3n) is 4.34. The Morgan fingerprint density at radius 3 is 2.25 bits per heavy atom. The number of hydrogen-bond acceptors (Lipinski definition) is 9. The van der Waals surface area contributed by atoms with Crippen molar-refractivity contribution in [1.29, 1.82) is 0 Å². The summed E-state index contributed by atoms with van der Waals surface area (Å²) in [6, 6.07) is 15.8. The number of carbonyl (C=O) groups is 1. The van der Waals surface area contributed by atoms with E-state index in [9.17, 15) is 4.79 Å². The zero-order valence-corrected chi connectivity index (χ0v) is 18.2. The Hall–Kier alpha value is -4.14. The normalized spacial score (nSPS) is 10.9. The van der Waals surface area contributed by atoms with E-state index in [1.54, 1.807) is 25.1 Å². The van der Waals surface area contributed by atoms with Crippen molar-refractivity contribution in [2.45, 2.75) is 13.5 Å². The Morgan fingerprint density at radius 1 is 0.938 bits per heavy atom. The summed E-state index contributed by atoms with van der Waals surface area (Å²) in [6.45, 7) is 1.80. The van der Waals surface area contributed by atoms with Gasteiger partial charge in [-0.05, 0) is 18.6 Å². The molecule has 0 N–H and O–H groups in total. The molecule has 0 bridgehead atoms. The van der Waals surface area contributed by atoms with Crippen molar-refractivity contribution < 1.29 is 28.6 Å². The molecular weight excluding hydrogens is 414 g/mol. The summed E-state index contributed by atoms with van der Waals surface area (Å²) in [5.74, 6) is 0.0724. The Labute approximate surface area is 185 Å². The summed E-state index contributed by atoms with van der Waals surface area (Å²) in [5, 5.41) is 3.94. The number of carbonyl (C=O) groups excluding carboxylic acids is 1. The van der Waals surface area contributed by atoms with Crippen LogP contribution in [0, 0.1) is 0 Å². The Kier molecular flexibility index (Phi) is 7.58. The van der Waals surface area contributed by atoms with Crippen LogP contribution in [0.4, 0.5) is 0 Å². The molecule has 0 unspecified atom stereocenters. The summed E-state index contributed by atoms with van der Waals surface area (Å²) in [7, 11) is 4.35. The number of ether oxygens (including phenoxy) is 4. The number of hydrogen-bond donors (Lipinski definition) is 0. The van der Waals surface area contributed by atoms with Crippen LogP contribution in [0.2, 0.25) is 0 Å². The lowest BCUT2D eigenvalue weighted by Gasteiger charge is -2.14. The molecule has 0 atom stereocenters. The first-order valence-electron chi connectivity index (χ1n) is 9.62. The third-order valence-corrected chi connectivity index (χ3v) is 4.34. The van der Waals surface area contributed by atoms with Gasteiger partial charge in [0.25, 0.3) is 0 Å². The van der Waals surface area contributed by atoms with Crippen LogP contribution in [-0.4, -0.2) is 43.0 Å². The van der Waals surface area contributed by atoms with Gasteiger partial charge in [-0.15, -0.1) is 0 Å². The second kappa shape index (κ2) is 10.8. The molecule has 166 valence electrons. The fraction of sp³-hybridized carbons (Fsp3) is 0.217. The molecule has 0 spiro atoms. The van der Waals surface area contributed by atoms with Crippen LogP contribution in [0.25, 0.3) is 0 Å². The second-order valence-electron chi connectivity index (χ2n) is 6.44. The number of rotatable bonds is 9. The minimum atomic E-state index is -0.597. The van der Waals surface area contributed by atoms with Crippen LogP contribution < -0.4 is 14.2 Å². The van der Waals surface area contributed by atoms with Gasteiger partial charge in [0.2, 0.25) is 11.8 Å². The van der Waals surface area contributed by atoms with E-state index in [1.165, 1.54) is 27.4 Å². The number of oxime groups is 1. The van der Waals surface area contributed by atoms with E-state index >= 15 is 0 Å². The molecule has 0 aliphatic heterocycles. The number of benzene rings is 2. The number of methoxy groups -OCH3 is 2. The van der Waals surface area contributed by atoms with Crippen molar-refractivity contribution >= 4 is 11.7 Å². The van der Waals surface area contributed by atoms with E-state index in [4.69, 9.17) is 23.8 Å². The predicted octanol–water partition coefficient (Wildman–Crippen LogP) is 4.01. The molecule has 0 saturated carbocycles. The molecule has 1 aromatic heterocycles. The van der Waals surface area contributed by atoms with Crippen molar-refractivity contribution in [1.82, 2.24) is 9.97 Å². The van der Waals surface area contributed by atoms with Gasteiger partial charge in [0.15, 0.2) is 0 Å². The molecule has 32 heavy (non-hydrogen) atoms. The minimum absolute atomic E-state index is 0.0585. The first-order chi connectivity index (χ1) is 15.5. The monoisotopic (exact) mass is 437 g/mol. The molecule has 0 saturated heterocycles. The molecule has 0 aliphatic carbocycles. The van der Waals surface area contributed by atoms with Crippen LogP contribution in [0.1, 0.15) is 28.4 Å². The summed E-state index contributed by atoms with van der Waals surface area (Å²) in [4.78, 5) is 26.3. The van der Waals surface area contributed by atoms with Gasteiger partial charge in [0.05, 0.1) is 26.0 Å². The van der Waals surface area contributed by atoms with Crippen molar-refractivity contribution in [3.8, 4) is 23.5 Å². The number of aromatic nitrogens is 2. The highest BCUT2D eigenvalue weighted by Gasteiger charge is 2.23. The molecule has 0 aliphatic rings. The maximum absolute atomic E-state index is 13.1. The Morgan fingerprint density at radius 2 is 1.62 bits per heavy atom. The van der Waals surface area contributed by atoms with Crippen LogP contribution in [-0.2, 0) is 16.2 Å². The maximum Gasteiger partial charge on any atom is 0.342 e. The van der Waals surface area contributed by atoms with E-state index in [-0.39, 0.29) is 35.7 Å². The van der Waals surface area contributed by atoms with Gasteiger partial charge in [0.1, 0.15) is 25.0 Å². The topological polar surface area (TPSA) is 101 Å². The van der Waals surface area contributed by atoms with Gasteiger partial charge in [-0.2, -0.15) is 9.97 Å². The Bertz CT molecular complexity index is 1080. The molecule has 0 amide bonds. The molecule has 9 heteroatoms. The number of nitrogens with zero attached hydrogens (tertiary/aromatic N) is 3. The maximum atomic E-state index is 13.1. The highest BCUT2D eigenvalue weighted by molar-refractivity contribution is 6.09. The molecule has 2 aromatic carbocycles. The molecule has 9 nitrogen and oxygen atoms in total. The zero-order valence-electron chi connectivity index (χ0n) is 18.2. The summed E-state index contributed by atoms with van der Waals surface area (Å²) >= 11 is 0. The summed E-state index contributed by atoms with van der Waals surface area (Å²) in [5.41, 5.74) is 1.96. The van der Waals surface area contributed by atoms with E-state index in [0.29, 0.717) is 11.3 Å². The fourth-order valence-corrected chi connectivity index (χ4v) is 2.85. The average Bonchev–Trinajstić information content (AvgIpc) is 2.82. The van der Waals surface area contributed by atoms with Crippen molar-refractivity contribution in [3.63, 3.8) is 0 Å². The van der Waals surface area contributed by atoms with E-state index in [2.05, 4.69) is 15.1 Å². The van der Waals surface area contributed by atoms with Crippen LogP contribution in [0.5, 0.6) is 23.5 Å². The van der Waals surface area contributed by atoms with Crippen LogP contribution in [0.3, 0.4) is 0 Å². The number of esters is 1. The molecule has 3 aromatic rings. The first-order valence-corrected chi connectivity index (χ1v) is 9.62. The molecule has 1 heterocycles. The second-order valence-corrected chi connectivity index (χ2v) is 6.44. The molecule has 0 radical (unpaired) electrons. The van der Waals surface area contributed by atoms with Gasteiger partial charge in [-0.3, -0.25) is 0 Å². The highest BCUT2D eigenvalue weighted by atomic mass is 16.6. The fourth-order valence-electron chi connectivity index (χ4n) is 2.85. The molecule has 3 rings (SSSR count). The quantitative estimate of drug-likeness (QED) is 0.281. The van der Waals surface area contributed by atoms with Crippen molar-refractivity contribution in [2.24, 2.45) is 5.16 Å². The van der Waals surface area contributed by atoms with E-state index in [1.807, 2.05) is 30.3 Å². The van der Waals surface area contributed by atoms with E-state index in [0.717, 1.165) is 5.56 Å².